The van der Waals surface area contributed by atoms with Gasteiger partial charge in [0.05, 0.1) is 17.2 Å². The lowest BCUT2D eigenvalue weighted by atomic mass is 10.1. The van der Waals surface area contributed by atoms with Gasteiger partial charge in [-0.1, -0.05) is 0 Å². The van der Waals surface area contributed by atoms with Gasteiger partial charge in [0.2, 0.25) is 0 Å². The normalized spacial score (nSPS) is 16.1. The van der Waals surface area contributed by atoms with Crippen molar-refractivity contribution in [2.24, 2.45) is 0 Å². The summed E-state index contributed by atoms with van der Waals surface area (Å²) in [6, 6.07) is -1.55. The minimum Gasteiger partial charge on any atom is -0.366 e. The molecule has 0 aliphatic carbocycles. The smallest absolute Gasteiger partial charge is 0.265 e. The molecule has 1 aliphatic heterocycles. The summed E-state index contributed by atoms with van der Waals surface area (Å²) in [7, 11) is 0. The van der Waals surface area contributed by atoms with E-state index in [9.17, 15) is 27.2 Å². The van der Waals surface area contributed by atoms with Crippen LogP contribution in [-0.2, 0) is 0 Å². The Morgan fingerprint density at radius 3 is 1.50 bits per heavy atom. The molecular weight excluding hydrogens is 286 g/mol. The molecule has 9 heteroatoms. The molecule has 2 N–H and O–H groups in total. The molecule has 5 nitrogen and oxygen atoms in total. The average Bonchev–Trinajstić information content (AvgIpc) is 2.64. The summed E-state index contributed by atoms with van der Waals surface area (Å²) in [5, 5.41) is 17.8. The van der Waals surface area contributed by atoms with Crippen LogP contribution in [0.5, 0.6) is 0 Å². The summed E-state index contributed by atoms with van der Waals surface area (Å²) in [5.41, 5.74) is -2.53. The highest BCUT2D eigenvalue weighted by molar-refractivity contribution is 6.21. The molecule has 0 radical (unpaired) electrons. The van der Waals surface area contributed by atoms with Crippen LogP contribution in [0.25, 0.3) is 0 Å². The summed E-state index contributed by atoms with van der Waals surface area (Å²) in [5.74, 6) is -11.4. The third-order valence-corrected chi connectivity index (χ3v) is 2.97. The number of imide groups is 1. The van der Waals surface area contributed by atoms with Crippen LogP contribution in [0, 0.1) is 23.3 Å². The van der Waals surface area contributed by atoms with Gasteiger partial charge in [0, 0.05) is 0 Å². The Bertz CT molecular complexity index is 585. The molecule has 1 aliphatic rings. The number of aliphatic hydroxyl groups is 2. The molecule has 2 rings (SSSR count). The molecule has 0 saturated carbocycles. The third kappa shape index (κ3) is 1.70. The molecule has 1 atom stereocenters. The number of fused-ring (bicyclic) bond motifs is 1. The standard InChI is InChI=1S/C11H7F4NO4/c1-2(11(19)20)16-9(17)3-4(10(16)18)6(13)8(15)7(14)5(3)12/h2,11,19-20H,1H3/t2-/m0/s1. The van der Waals surface area contributed by atoms with Crippen LogP contribution in [-0.4, -0.2) is 39.3 Å². The maximum Gasteiger partial charge on any atom is 0.265 e. The number of nitrogens with zero attached hydrogens (tertiary/aromatic N) is 1. The van der Waals surface area contributed by atoms with E-state index in [0.29, 0.717) is 0 Å². The molecule has 1 aromatic carbocycles. The molecule has 0 saturated heterocycles. The number of aliphatic hydroxyl groups excluding tert-OH is 1. The molecule has 0 aromatic heterocycles. The van der Waals surface area contributed by atoms with Gasteiger partial charge in [-0.2, -0.15) is 0 Å². The van der Waals surface area contributed by atoms with Crippen LogP contribution in [0.4, 0.5) is 17.6 Å². The number of carbonyl (C=O) groups is 2. The van der Waals surface area contributed by atoms with E-state index in [-0.39, 0.29) is 4.90 Å². The lowest BCUT2D eigenvalue weighted by molar-refractivity contribution is -0.0812. The van der Waals surface area contributed by atoms with Crippen molar-refractivity contribution in [3.05, 3.63) is 34.4 Å². The zero-order valence-corrected chi connectivity index (χ0v) is 9.82. The SMILES string of the molecule is C[C@@H](C(O)O)N1C(=O)c2c(F)c(F)c(F)c(F)c2C1=O. The van der Waals surface area contributed by atoms with E-state index in [2.05, 4.69) is 0 Å². The quantitative estimate of drug-likeness (QED) is 0.274. The Morgan fingerprint density at radius 1 is 0.850 bits per heavy atom. The zero-order chi connectivity index (χ0) is 15.4. The van der Waals surface area contributed by atoms with Crippen LogP contribution in [0.3, 0.4) is 0 Å². The van der Waals surface area contributed by atoms with Crippen LogP contribution in [0.1, 0.15) is 27.6 Å². The molecule has 0 unspecified atom stereocenters. The number of halogens is 4. The van der Waals surface area contributed by atoms with E-state index < -0.39 is 58.5 Å². The molecule has 1 aromatic rings. The Kier molecular flexibility index (Phi) is 3.26. The third-order valence-electron chi connectivity index (χ3n) is 2.97. The highest BCUT2D eigenvalue weighted by Gasteiger charge is 2.46. The van der Waals surface area contributed by atoms with Crippen LogP contribution in [0.2, 0.25) is 0 Å². The van der Waals surface area contributed by atoms with Gasteiger partial charge >= 0.3 is 0 Å². The fourth-order valence-corrected chi connectivity index (χ4v) is 1.87. The number of hydrogen-bond acceptors (Lipinski definition) is 4. The largest absolute Gasteiger partial charge is 0.366 e. The second kappa shape index (κ2) is 4.53. The Labute approximate surface area is 109 Å². The van der Waals surface area contributed by atoms with Crippen molar-refractivity contribution in [2.45, 2.75) is 19.3 Å². The molecule has 0 fully saturated rings. The van der Waals surface area contributed by atoms with E-state index in [1.807, 2.05) is 0 Å². The van der Waals surface area contributed by atoms with Gasteiger partial charge in [0.25, 0.3) is 11.8 Å². The predicted octanol–water partition coefficient (Wildman–Crippen LogP) is 0.538. The first-order valence-electron chi connectivity index (χ1n) is 5.30. The monoisotopic (exact) mass is 293 g/mol. The summed E-state index contributed by atoms with van der Waals surface area (Å²) < 4.78 is 53.1. The topological polar surface area (TPSA) is 77.8 Å². The van der Waals surface area contributed by atoms with Crippen LogP contribution >= 0.6 is 0 Å². The van der Waals surface area contributed by atoms with Crippen molar-refractivity contribution in [1.82, 2.24) is 4.90 Å². The zero-order valence-electron chi connectivity index (χ0n) is 9.82. The summed E-state index contributed by atoms with van der Waals surface area (Å²) >= 11 is 0. The highest BCUT2D eigenvalue weighted by atomic mass is 19.2. The number of carbonyl (C=O) groups excluding carboxylic acids is 2. The van der Waals surface area contributed by atoms with E-state index >= 15 is 0 Å². The van der Waals surface area contributed by atoms with Gasteiger partial charge in [-0.3, -0.25) is 14.5 Å². The molecule has 20 heavy (non-hydrogen) atoms. The second-order valence-corrected chi connectivity index (χ2v) is 4.14. The van der Waals surface area contributed by atoms with Crippen molar-refractivity contribution in [2.75, 3.05) is 0 Å². The first kappa shape index (κ1) is 14.4. The average molecular weight is 293 g/mol. The van der Waals surface area contributed by atoms with Gasteiger partial charge in [-0.05, 0) is 6.92 Å². The summed E-state index contributed by atoms with van der Waals surface area (Å²) in [6.45, 7) is 1.01. The number of amides is 2. The van der Waals surface area contributed by atoms with Crippen LogP contribution in [0.15, 0.2) is 0 Å². The molecule has 108 valence electrons. The summed E-state index contributed by atoms with van der Waals surface area (Å²) in [6.07, 6.45) is -2.18. The number of hydrogen-bond donors (Lipinski definition) is 2. The Balaban J connectivity index is 2.70. The Hall–Kier alpha value is -2.00. The van der Waals surface area contributed by atoms with Crippen molar-refractivity contribution >= 4 is 11.8 Å². The second-order valence-electron chi connectivity index (χ2n) is 4.14. The molecule has 2 amide bonds. The lowest BCUT2D eigenvalue weighted by Crippen LogP contribution is -2.45. The minimum atomic E-state index is -2.22. The van der Waals surface area contributed by atoms with Gasteiger partial charge in [-0.15, -0.1) is 0 Å². The van der Waals surface area contributed by atoms with Crippen LogP contribution < -0.4 is 0 Å². The lowest BCUT2D eigenvalue weighted by Gasteiger charge is -2.23. The molecule has 0 bridgehead atoms. The Morgan fingerprint density at radius 2 is 1.20 bits per heavy atom. The summed E-state index contributed by atoms with van der Waals surface area (Å²) in [4.78, 5) is 23.7. The van der Waals surface area contributed by atoms with E-state index in [1.54, 1.807) is 0 Å². The number of benzene rings is 1. The fraction of sp³-hybridized carbons (Fsp3) is 0.273. The maximum atomic E-state index is 13.5. The van der Waals surface area contributed by atoms with Crippen molar-refractivity contribution in [1.29, 1.82) is 0 Å². The number of rotatable bonds is 2. The first-order valence-corrected chi connectivity index (χ1v) is 5.30. The van der Waals surface area contributed by atoms with E-state index in [4.69, 9.17) is 10.2 Å². The van der Waals surface area contributed by atoms with E-state index in [0.717, 1.165) is 6.92 Å². The van der Waals surface area contributed by atoms with Gasteiger partial charge in [-0.25, -0.2) is 17.6 Å². The first-order chi connectivity index (χ1) is 9.20. The molecular formula is C11H7F4NO4. The van der Waals surface area contributed by atoms with Gasteiger partial charge < -0.3 is 10.2 Å². The maximum absolute atomic E-state index is 13.5. The predicted molar refractivity (Wildman–Crippen MR) is 54.5 cm³/mol. The fourth-order valence-electron chi connectivity index (χ4n) is 1.87. The van der Waals surface area contributed by atoms with Crippen molar-refractivity contribution in [3.63, 3.8) is 0 Å². The minimum absolute atomic E-state index is 0.125. The highest BCUT2D eigenvalue weighted by Crippen LogP contribution is 2.32. The molecule has 0 spiro atoms. The van der Waals surface area contributed by atoms with E-state index in [1.165, 1.54) is 0 Å². The van der Waals surface area contributed by atoms with Gasteiger partial charge in [0.1, 0.15) is 0 Å². The van der Waals surface area contributed by atoms with Crippen molar-refractivity contribution < 1.29 is 37.4 Å². The van der Waals surface area contributed by atoms with Gasteiger partial charge in [0.15, 0.2) is 29.6 Å². The van der Waals surface area contributed by atoms with Crippen molar-refractivity contribution in [3.8, 4) is 0 Å². The molecule has 1 heterocycles.